The fourth-order valence-corrected chi connectivity index (χ4v) is 1.42. The van der Waals surface area contributed by atoms with E-state index in [1.54, 1.807) is 18.2 Å². The third-order valence-corrected chi connectivity index (χ3v) is 2.62. The molecule has 88 valence electrons. The van der Waals surface area contributed by atoms with Crippen LogP contribution in [0.25, 0.3) is 0 Å². The molecule has 1 rings (SSSR count). The van der Waals surface area contributed by atoms with Gasteiger partial charge in [0.25, 0.3) is 0 Å². The van der Waals surface area contributed by atoms with Gasteiger partial charge in [0.15, 0.2) is 0 Å². The van der Waals surface area contributed by atoms with Crippen LogP contribution in [0.5, 0.6) is 0 Å². The summed E-state index contributed by atoms with van der Waals surface area (Å²) in [7, 11) is 0. The van der Waals surface area contributed by atoms with Crippen molar-refractivity contribution in [2.45, 2.75) is 0 Å². The molecule has 0 bridgehead atoms. The van der Waals surface area contributed by atoms with Crippen molar-refractivity contribution in [1.29, 1.82) is 0 Å². The normalized spacial score (nSPS) is 10.2. The summed E-state index contributed by atoms with van der Waals surface area (Å²) in [6, 6.07) is 5.01. The molecule has 0 unspecified atom stereocenters. The van der Waals surface area contributed by atoms with Crippen molar-refractivity contribution in [2.24, 2.45) is 0 Å². The fraction of sp³-hybridized carbons (Fsp3) is 0.300. The summed E-state index contributed by atoms with van der Waals surface area (Å²) in [4.78, 5) is 11.4. The Labute approximate surface area is 104 Å². The minimum absolute atomic E-state index is 0.00873. The van der Waals surface area contributed by atoms with E-state index >= 15 is 0 Å². The van der Waals surface area contributed by atoms with Crippen molar-refractivity contribution in [3.63, 3.8) is 0 Å². The monoisotopic (exact) mass is 262 g/mol. The van der Waals surface area contributed by atoms with Crippen molar-refractivity contribution < 1.29 is 9.90 Å². The first-order valence-electron chi connectivity index (χ1n) is 4.70. The molecule has 0 aromatic heterocycles. The first-order chi connectivity index (χ1) is 7.65. The molecule has 0 heterocycles. The predicted molar refractivity (Wildman–Crippen MR) is 65.0 cm³/mol. The number of aliphatic hydroxyl groups excluding tert-OH is 1. The number of amides is 1. The third kappa shape index (κ3) is 3.98. The molecular weight excluding hydrogens is 251 g/mol. The molecule has 1 amide bonds. The van der Waals surface area contributed by atoms with Gasteiger partial charge in [0.2, 0.25) is 5.91 Å². The van der Waals surface area contributed by atoms with E-state index < -0.39 is 0 Å². The van der Waals surface area contributed by atoms with Crippen molar-refractivity contribution >= 4 is 34.8 Å². The minimum atomic E-state index is -0.238. The summed E-state index contributed by atoms with van der Waals surface area (Å²) < 4.78 is 0. The zero-order chi connectivity index (χ0) is 12.0. The molecule has 0 spiro atoms. The first-order valence-corrected chi connectivity index (χ1v) is 5.46. The smallest absolute Gasteiger partial charge is 0.238 e. The minimum Gasteiger partial charge on any atom is -0.395 e. The maximum atomic E-state index is 11.4. The Morgan fingerprint density at radius 2 is 2.12 bits per heavy atom. The van der Waals surface area contributed by atoms with Gasteiger partial charge in [-0.05, 0) is 12.1 Å². The van der Waals surface area contributed by atoms with E-state index in [-0.39, 0.29) is 19.1 Å². The fourth-order valence-electron chi connectivity index (χ4n) is 1.08. The predicted octanol–water partition coefficient (Wildman–Crippen LogP) is 1.51. The Balaban J connectivity index is 2.53. The molecule has 0 saturated heterocycles. The number of nitrogens with one attached hydrogen (secondary N) is 2. The van der Waals surface area contributed by atoms with E-state index in [4.69, 9.17) is 28.3 Å². The van der Waals surface area contributed by atoms with E-state index in [2.05, 4.69) is 10.6 Å². The summed E-state index contributed by atoms with van der Waals surface area (Å²) >= 11 is 11.7. The highest BCUT2D eigenvalue weighted by Gasteiger charge is 2.07. The molecule has 0 radical (unpaired) electrons. The third-order valence-electron chi connectivity index (χ3n) is 1.80. The van der Waals surface area contributed by atoms with Gasteiger partial charge in [-0.2, -0.15) is 0 Å². The van der Waals surface area contributed by atoms with Crippen LogP contribution in [0.3, 0.4) is 0 Å². The van der Waals surface area contributed by atoms with Gasteiger partial charge in [0, 0.05) is 6.54 Å². The van der Waals surface area contributed by atoms with Gasteiger partial charge in [-0.3, -0.25) is 4.79 Å². The van der Waals surface area contributed by atoms with Gasteiger partial charge in [-0.25, -0.2) is 0 Å². The van der Waals surface area contributed by atoms with Crippen LogP contribution in [0.1, 0.15) is 0 Å². The number of rotatable bonds is 5. The second kappa shape index (κ2) is 6.70. The lowest BCUT2D eigenvalue weighted by molar-refractivity contribution is -0.115. The lowest BCUT2D eigenvalue weighted by Crippen LogP contribution is -2.30. The van der Waals surface area contributed by atoms with E-state index in [0.717, 1.165) is 0 Å². The molecule has 1 aromatic rings. The second-order valence-electron chi connectivity index (χ2n) is 3.05. The van der Waals surface area contributed by atoms with E-state index in [0.29, 0.717) is 22.3 Å². The summed E-state index contributed by atoms with van der Waals surface area (Å²) in [6.45, 7) is 0.477. The average molecular weight is 263 g/mol. The van der Waals surface area contributed by atoms with Crippen LogP contribution < -0.4 is 10.6 Å². The molecule has 0 aliphatic rings. The molecule has 1 aromatic carbocycles. The molecule has 4 nitrogen and oxygen atoms in total. The number of carbonyl (C=O) groups is 1. The van der Waals surface area contributed by atoms with Crippen LogP contribution in [0, 0.1) is 0 Å². The number of benzene rings is 1. The highest BCUT2D eigenvalue weighted by molar-refractivity contribution is 6.43. The standard InChI is InChI=1S/C10H12Cl2N2O2/c11-7-2-1-3-8(10(7)12)14-9(16)6-13-4-5-15/h1-3,13,15H,4-6H2,(H,14,16). The Hall–Kier alpha value is -0.810. The molecule has 0 fully saturated rings. The van der Waals surface area contributed by atoms with E-state index in [9.17, 15) is 4.79 Å². The molecule has 6 heteroatoms. The van der Waals surface area contributed by atoms with Crippen LogP contribution in [0.4, 0.5) is 5.69 Å². The molecular formula is C10H12Cl2N2O2. The molecule has 0 atom stereocenters. The van der Waals surface area contributed by atoms with Crippen LogP contribution >= 0.6 is 23.2 Å². The quantitative estimate of drug-likeness (QED) is 0.706. The second-order valence-corrected chi connectivity index (χ2v) is 3.84. The van der Waals surface area contributed by atoms with Crippen LogP contribution in [0.2, 0.25) is 10.0 Å². The number of hydrogen-bond acceptors (Lipinski definition) is 3. The SMILES string of the molecule is O=C(CNCCO)Nc1cccc(Cl)c1Cl. The van der Waals surface area contributed by atoms with Gasteiger partial charge in [-0.15, -0.1) is 0 Å². The van der Waals surface area contributed by atoms with Crippen molar-refractivity contribution in [2.75, 3.05) is 25.0 Å². The lowest BCUT2D eigenvalue weighted by Gasteiger charge is -2.08. The Kier molecular flexibility index (Phi) is 5.55. The van der Waals surface area contributed by atoms with Crippen LogP contribution in [0.15, 0.2) is 18.2 Å². The van der Waals surface area contributed by atoms with Crippen molar-refractivity contribution in [3.8, 4) is 0 Å². The number of carbonyl (C=O) groups excluding carboxylic acids is 1. The van der Waals surface area contributed by atoms with Gasteiger partial charge >= 0.3 is 0 Å². The summed E-state index contributed by atoms with van der Waals surface area (Å²) in [5, 5.41) is 14.6. The molecule has 0 saturated carbocycles. The van der Waals surface area contributed by atoms with Crippen LogP contribution in [-0.2, 0) is 4.79 Å². The molecule has 0 aliphatic carbocycles. The van der Waals surface area contributed by atoms with E-state index in [1.807, 2.05) is 0 Å². The van der Waals surface area contributed by atoms with Crippen molar-refractivity contribution in [1.82, 2.24) is 5.32 Å². The first kappa shape index (κ1) is 13.3. The van der Waals surface area contributed by atoms with Gasteiger partial charge in [-0.1, -0.05) is 29.3 Å². The largest absolute Gasteiger partial charge is 0.395 e. The molecule has 3 N–H and O–H groups in total. The maximum Gasteiger partial charge on any atom is 0.238 e. The summed E-state index contributed by atoms with van der Waals surface area (Å²) in [5.41, 5.74) is 0.477. The van der Waals surface area contributed by atoms with Crippen LogP contribution in [-0.4, -0.2) is 30.7 Å². The highest BCUT2D eigenvalue weighted by atomic mass is 35.5. The van der Waals surface area contributed by atoms with E-state index in [1.165, 1.54) is 0 Å². The zero-order valence-corrected chi connectivity index (χ0v) is 9.98. The summed E-state index contributed by atoms with van der Waals surface area (Å²) in [6.07, 6.45) is 0. The Morgan fingerprint density at radius 3 is 2.81 bits per heavy atom. The van der Waals surface area contributed by atoms with Gasteiger partial charge < -0.3 is 15.7 Å². The van der Waals surface area contributed by atoms with Gasteiger partial charge in [0.05, 0.1) is 28.9 Å². The maximum absolute atomic E-state index is 11.4. The average Bonchev–Trinajstić information content (AvgIpc) is 2.25. The highest BCUT2D eigenvalue weighted by Crippen LogP contribution is 2.29. The zero-order valence-electron chi connectivity index (χ0n) is 8.46. The number of anilines is 1. The number of halogens is 2. The van der Waals surface area contributed by atoms with Gasteiger partial charge in [0.1, 0.15) is 0 Å². The summed E-state index contributed by atoms with van der Waals surface area (Å²) in [5.74, 6) is -0.238. The topological polar surface area (TPSA) is 61.4 Å². The Bertz CT molecular complexity index is 372. The number of aliphatic hydroxyl groups is 1. The Morgan fingerprint density at radius 1 is 1.38 bits per heavy atom. The number of hydrogen-bond donors (Lipinski definition) is 3. The molecule has 0 aliphatic heterocycles. The molecule has 16 heavy (non-hydrogen) atoms. The van der Waals surface area contributed by atoms with Crippen molar-refractivity contribution in [3.05, 3.63) is 28.2 Å². The lowest BCUT2D eigenvalue weighted by atomic mass is 10.3.